The van der Waals surface area contributed by atoms with Crippen LogP contribution in [0.3, 0.4) is 0 Å². The van der Waals surface area contributed by atoms with Crippen molar-refractivity contribution in [3.8, 4) is 0 Å². The van der Waals surface area contributed by atoms with Crippen LogP contribution in [-0.4, -0.2) is 22.8 Å². The third kappa shape index (κ3) is 3.87. The van der Waals surface area contributed by atoms with Crippen molar-refractivity contribution >= 4 is 39.0 Å². The third-order valence-corrected chi connectivity index (χ3v) is 3.92. The molecule has 0 aliphatic carbocycles. The fraction of sp³-hybridized carbons (Fsp3) is 0.111. The number of carbonyl (C=O) groups excluding carboxylic acids is 1. The zero-order chi connectivity index (χ0) is 16.2. The van der Waals surface area contributed by atoms with Crippen molar-refractivity contribution in [2.45, 2.75) is 6.54 Å². The van der Waals surface area contributed by atoms with Gasteiger partial charge in [0.15, 0.2) is 5.58 Å². The van der Waals surface area contributed by atoms with Gasteiger partial charge in [-0.1, -0.05) is 40.2 Å². The van der Waals surface area contributed by atoms with E-state index in [1.165, 1.54) is 6.08 Å². The highest BCUT2D eigenvalue weighted by Crippen LogP contribution is 2.16. The summed E-state index contributed by atoms with van der Waals surface area (Å²) in [5.41, 5.74) is 2.56. The molecule has 0 aliphatic heterocycles. The predicted octanol–water partition coefficient (Wildman–Crippen LogP) is 4.26. The van der Waals surface area contributed by atoms with Gasteiger partial charge in [-0.05, 0) is 29.8 Å². The zero-order valence-electron chi connectivity index (χ0n) is 12.6. The van der Waals surface area contributed by atoms with Gasteiger partial charge >= 0.3 is 0 Å². The van der Waals surface area contributed by atoms with Crippen LogP contribution in [0.2, 0.25) is 0 Å². The van der Waals surface area contributed by atoms with Crippen molar-refractivity contribution in [3.63, 3.8) is 0 Å². The average molecular weight is 371 g/mol. The van der Waals surface area contributed by atoms with Gasteiger partial charge in [0.05, 0.1) is 0 Å². The number of carbonyl (C=O) groups is 1. The Balaban J connectivity index is 1.66. The Morgan fingerprint density at radius 2 is 1.96 bits per heavy atom. The van der Waals surface area contributed by atoms with E-state index in [1.54, 1.807) is 18.0 Å². The first kappa shape index (κ1) is 15.5. The van der Waals surface area contributed by atoms with Crippen molar-refractivity contribution in [1.82, 2.24) is 9.88 Å². The Morgan fingerprint density at radius 1 is 1.22 bits per heavy atom. The monoisotopic (exact) mass is 370 g/mol. The van der Waals surface area contributed by atoms with E-state index >= 15 is 0 Å². The van der Waals surface area contributed by atoms with Gasteiger partial charge in [-0.3, -0.25) is 4.79 Å². The lowest BCUT2D eigenvalue weighted by Gasteiger charge is -2.15. The average Bonchev–Trinajstić information content (AvgIpc) is 2.97. The van der Waals surface area contributed by atoms with E-state index in [0.717, 1.165) is 15.6 Å². The molecular weight excluding hydrogens is 356 g/mol. The molecule has 0 atom stereocenters. The second-order valence-electron chi connectivity index (χ2n) is 5.17. The topological polar surface area (TPSA) is 46.3 Å². The number of hydrogen-bond acceptors (Lipinski definition) is 3. The molecule has 3 rings (SSSR count). The maximum atomic E-state index is 12.2. The molecule has 0 aliphatic rings. The quantitative estimate of drug-likeness (QED) is 0.644. The first-order valence-corrected chi connectivity index (χ1v) is 7.94. The minimum atomic E-state index is -0.102. The molecule has 1 heterocycles. The minimum absolute atomic E-state index is 0.102. The minimum Gasteiger partial charge on any atom is -0.437 e. The van der Waals surface area contributed by atoms with Crippen molar-refractivity contribution in [3.05, 3.63) is 70.5 Å². The van der Waals surface area contributed by atoms with Crippen LogP contribution in [0, 0.1) is 0 Å². The van der Waals surface area contributed by atoms with Crippen molar-refractivity contribution in [2.75, 3.05) is 7.05 Å². The second-order valence-corrected chi connectivity index (χ2v) is 6.09. The van der Waals surface area contributed by atoms with Gasteiger partial charge in [0.1, 0.15) is 5.52 Å². The predicted molar refractivity (Wildman–Crippen MR) is 93.7 cm³/mol. The van der Waals surface area contributed by atoms with Gasteiger partial charge in [-0.25, -0.2) is 4.98 Å². The standard InChI is InChI=1S/C18H15BrN2O2/c1-21(12-13-6-8-14(19)9-7-13)18(22)11-10-17-20-15-4-2-3-5-16(15)23-17/h2-11H,12H2,1H3/b11-10+. The number of nitrogens with zero attached hydrogens (tertiary/aromatic N) is 2. The molecule has 0 bridgehead atoms. The molecule has 116 valence electrons. The molecular formula is C18H15BrN2O2. The summed E-state index contributed by atoms with van der Waals surface area (Å²) in [6.07, 6.45) is 3.07. The number of amides is 1. The number of rotatable bonds is 4. The van der Waals surface area contributed by atoms with Gasteiger partial charge in [0, 0.05) is 30.2 Å². The van der Waals surface area contributed by atoms with E-state index in [9.17, 15) is 4.79 Å². The molecule has 0 N–H and O–H groups in total. The van der Waals surface area contributed by atoms with E-state index in [-0.39, 0.29) is 5.91 Å². The molecule has 0 radical (unpaired) electrons. The number of likely N-dealkylation sites (N-methyl/N-ethyl adjacent to an activating group) is 1. The Kier molecular flexibility index (Phi) is 4.57. The lowest BCUT2D eigenvalue weighted by atomic mass is 10.2. The van der Waals surface area contributed by atoms with Crippen molar-refractivity contribution in [2.24, 2.45) is 0 Å². The summed E-state index contributed by atoms with van der Waals surface area (Å²) < 4.78 is 6.58. The van der Waals surface area contributed by atoms with E-state index in [1.807, 2.05) is 48.5 Å². The van der Waals surface area contributed by atoms with Gasteiger partial charge < -0.3 is 9.32 Å². The zero-order valence-corrected chi connectivity index (χ0v) is 14.2. The summed E-state index contributed by atoms with van der Waals surface area (Å²) in [5, 5.41) is 0. The second kappa shape index (κ2) is 6.79. The maximum Gasteiger partial charge on any atom is 0.246 e. The number of halogens is 1. The summed E-state index contributed by atoms with van der Waals surface area (Å²) in [6.45, 7) is 0.546. The van der Waals surface area contributed by atoms with Crippen LogP contribution >= 0.6 is 15.9 Å². The van der Waals surface area contributed by atoms with E-state index in [4.69, 9.17) is 4.42 Å². The maximum absolute atomic E-state index is 12.2. The first-order chi connectivity index (χ1) is 11.1. The largest absolute Gasteiger partial charge is 0.437 e. The smallest absolute Gasteiger partial charge is 0.246 e. The Hall–Kier alpha value is -2.40. The Labute approximate surface area is 142 Å². The summed E-state index contributed by atoms with van der Waals surface area (Å²) in [5.74, 6) is 0.326. The fourth-order valence-corrected chi connectivity index (χ4v) is 2.44. The number of hydrogen-bond donors (Lipinski definition) is 0. The Morgan fingerprint density at radius 3 is 2.70 bits per heavy atom. The van der Waals surface area contributed by atoms with Gasteiger partial charge in [-0.15, -0.1) is 0 Å². The molecule has 0 saturated carbocycles. The number of fused-ring (bicyclic) bond motifs is 1. The molecule has 23 heavy (non-hydrogen) atoms. The van der Waals surface area contributed by atoms with E-state index in [0.29, 0.717) is 18.0 Å². The molecule has 0 unspecified atom stereocenters. The molecule has 1 aromatic heterocycles. The van der Waals surface area contributed by atoms with Gasteiger partial charge in [0.25, 0.3) is 0 Å². The number of aromatic nitrogens is 1. The first-order valence-electron chi connectivity index (χ1n) is 7.15. The van der Waals surface area contributed by atoms with Crippen LogP contribution in [0.1, 0.15) is 11.5 Å². The van der Waals surface area contributed by atoms with E-state index in [2.05, 4.69) is 20.9 Å². The van der Waals surface area contributed by atoms with Crippen LogP contribution in [0.25, 0.3) is 17.2 Å². The van der Waals surface area contributed by atoms with Crippen molar-refractivity contribution < 1.29 is 9.21 Å². The fourth-order valence-electron chi connectivity index (χ4n) is 2.17. The number of oxazole rings is 1. The van der Waals surface area contributed by atoms with Crippen LogP contribution < -0.4 is 0 Å². The summed E-state index contributed by atoms with van der Waals surface area (Å²) in [4.78, 5) is 18.1. The molecule has 1 amide bonds. The molecule has 3 aromatic rings. The summed E-state index contributed by atoms with van der Waals surface area (Å²) >= 11 is 3.40. The summed E-state index contributed by atoms with van der Waals surface area (Å²) in [7, 11) is 1.76. The van der Waals surface area contributed by atoms with Gasteiger partial charge in [-0.2, -0.15) is 0 Å². The SMILES string of the molecule is CN(Cc1ccc(Br)cc1)C(=O)/C=C/c1nc2ccccc2o1. The lowest BCUT2D eigenvalue weighted by Crippen LogP contribution is -2.24. The highest BCUT2D eigenvalue weighted by molar-refractivity contribution is 9.10. The van der Waals surface area contributed by atoms with Crippen LogP contribution in [0.15, 0.2) is 63.5 Å². The van der Waals surface area contributed by atoms with Crippen molar-refractivity contribution in [1.29, 1.82) is 0 Å². The van der Waals surface area contributed by atoms with Crippen LogP contribution in [0.5, 0.6) is 0 Å². The summed E-state index contributed by atoms with van der Waals surface area (Å²) in [6, 6.07) is 15.4. The lowest BCUT2D eigenvalue weighted by molar-refractivity contribution is -0.125. The molecule has 4 nitrogen and oxygen atoms in total. The number of para-hydroxylation sites is 2. The van der Waals surface area contributed by atoms with E-state index < -0.39 is 0 Å². The highest BCUT2D eigenvalue weighted by atomic mass is 79.9. The number of benzene rings is 2. The van der Waals surface area contributed by atoms with Gasteiger partial charge in [0.2, 0.25) is 11.8 Å². The Bertz CT molecular complexity index is 820. The molecule has 0 fully saturated rings. The van der Waals surface area contributed by atoms with Crippen LogP contribution in [0.4, 0.5) is 0 Å². The molecule has 0 saturated heterocycles. The molecule has 5 heteroatoms. The third-order valence-electron chi connectivity index (χ3n) is 3.39. The van der Waals surface area contributed by atoms with Crippen LogP contribution in [-0.2, 0) is 11.3 Å². The highest BCUT2D eigenvalue weighted by Gasteiger charge is 2.07. The molecule has 2 aromatic carbocycles. The normalized spacial score (nSPS) is 11.2. The molecule has 0 spiro atoms.